The molecule has 0 saturated carbocycles. The molecule has 4 heteroatoms. The topological polar surface area (TPSA) is 51.5 Å². The molecule has 1 heterocycles. The third-order valence-corrected chi connectivity index (χ3v) is 2.57. The molecule has 1 N–H and O–H groups in total. The molecule has 0 aliphatic carbocycles. The fourth-order valence-corrected chi connectivity index (χ4v) is 1.51. The second-order valence-corrected chi connectivity index (χ2v) is 4.98. The number of nitrogens with one attached hydrogen (secondary N) is 1. The zero-order valence-corrected chi connectivity index (χ0v) is 11.9. The van der Waals surface area contributed by atoms with E-state index in [1.807, 2.05) is 6.92 Å². The lowest BCUT2D eigenvalue weighted by Crippen LogP contribution is -2.29. The Morgan fingerprint density at radius 3 is 2.89 bits per heavy atom. The van der Waals surface area contributed by atoms with Crippen molar-refractivity contribution in [2.75, 3.05) is 13.1 Å². The zero-order chi connectivity index (χ0) is 14.1. The Hall–Kier alpha value is -1.55. The number of hydrogen-bond donors (Lipinski definition) is 1. The highest BCUT2D eigenvalue weighted by molar-refractivity contribution is 5.86. The van der Waals surface area contributed by atoms with Crippen molar-refractivity contribution in [3.8, 4) is 0 Å². The summed E-state index contributed by atoms with van der Waals surface area (Å²) in [5.74, 6) is 0.968. The molecule has 1 aromatic heterocycles. The van der Waals surface area contributed by atoms with Crippen LogP contribution >= 0.6 is 0 Å². The molecule has 0 bridgehead atoms. The van der Waals surface area contributed by atoms with Crippen molar-refractivity contribution < 1.29 is 13.9 Å². The van der Waals surface area contributed by atoms with Crippen LogP contribution in [-0.4, -0.2) is 25.2 Å². The van der Waals surface area contributed by atoms with Gasteiger partial charge in [-0.1, -0.05) is 13.8 Å². The van der Waals surface area contributed by atoms with Gasteiger partial charge in [0.25, 0.3) is 0 Å². The smallest absolute Gasteiger partial charge is 0.331 e. The molecule has 0 saturated heterocycles. The summed E-state index contributed by atoms with van der Waals surface area (Å²) in [4.78, 5) is 11.5. The number of carbonyl (C=O) groups is 1. The van der Waals surface area contributed by atoms with Gasteiger partial charge >= 0.3 is 5.97 Å². The molecule has 1 atom stereocenters. The first-order valence-electron chi connectivity index (χ1n) is 6.71. The average Bonchev–Trinajstić information content (AvgIpc) is 2.85. The molecule has 0 amide bonds. The third kappa shape index (κ3) is 7.47. The molecule has 0 aliphatic rings. The molecule has 1 rings (SSSR count). The van der Waals surface area contributed by atoms with Gasteiger partial charge in [-0.3, -0.25) is 0 Å². The highest BCUT2D eigenvalue weighted by atomic mass is 16.5. The number of ether oxygens (including phenoxy) is 1. The molecule has 1 unspecified atom stereocenters. The van der Waals surface area contributed by atoms with Crippen LogP contribution in [0.25, 0.3) is 6.08 Å². The second-order valence-electron chi connectivity index (χ2n) is 4.98. The molecule has 19 heavy (non-hydrogen) atoms. The van der Waals surface area contributed by atoms with Crippen LogP contribution in [0.4, 0.5) is 0 Å². The molecular weight excluding hydrogens is 242 g/mol. The van der Waals surface area contributed by atoms with Crippen molar-refractivity contribution in [3.63, 3.8) is 0 Å². The Kier molecular flexibility index (Phi) is 6.97. The van der Waals surface area contributed by atoms with E-state index in [1.165, 1.54) is 6.08 Å². The van der Waals surface area contributed by atoms with E-state index in [9.17, 15) is 4.79 Å². The van der Waals surface area contributed by atoms with Crippen LogP contribution in [0.1, 0.15) is 33.0 Å². The van der Waals surface area contributed by atoms with Crippen LogP contribution in [0.2, 0.25) is 0 Å². The number of esters is 1. The Bertz CT molecular complexity index is 382. The fraction of sp³-hybridized carbons (Fsp3) is 0.533. The molecule has 0 radical (unpaired) electrons. The summed E-state index contributed by atoms with van der Waals surface area (Å²) in [6.07, 6.45) is 5.52. The Labute approximate surface area is 114 Å². The van der Waals surface area contributed by atoms with Crippen molar-refractivity contribution >= 4 is 12.0 Å². The summed E-state index contributed by atoms with van der Waals surface area (Å²) in [6.45, 7) is 7.87. The predicted molar refractivity (Wildman–Crippen MR) is 75.6 cm³/mol. The SMILES string of the molecule is CC(C)CCNCC(C)OC(=O)/C=C/c1ccco1. The highest BCUT2D eigenvalue weighted by Gasteiger charge is 2.06. The van der Waals surface area contributed by atoms with Crippen LogP contribution in [-0.2, 0) is 9.53 Å². The van der Waals surface area contributed by atoms with Crippen LogP contribution in [0.3, 0.4) is 0 Å². The van der Waals surface area contributed by atoms with E-state index in [2.05, 4.69) is 19.2 Å². The standard InChI is InChI=1S/C15H23NO3/c1-12(2)8-9-16-11-13(3)19-15(17)7-6-14-5-4-10-18-14/h4-7,10,12-13,16H,8-9,11H2,1-3H3/b7-6+. The van der Waals surface area contributed by atoms with Gasteiger partial charge in [-0.15, -0.1) is 0 Å². The Morgan fingerprint density at radius 1 is 1.47 bits per heavy atom. The maximum Gasteiger partial charge on any atom is 0.331 e. The number of hydrogen-bond acceptors (Lipinski definition) is 4. The van der Waals surface area contributed by atoms with Gasteiger partial charge in [-0.05, 0) is 44.0 Å². The first-order chi connectivity index (χ1) is 9.08. The summed E-state index contributed by atoms with van der Waals surface area (Å²) in [5.41, 5.74) is 0. The van der Waals surface area contributed by atoms with E-state index in [0.29, 0.717) is 18.2 Å². The molecule has 0 spiro atoms. The van der Waals surface area contributed by atoms with E-state index in [-0.39, 0.29) is 12.1 Å². The normalized spacial score (nSPS) is 13.1. The summed E-state index contributed by atoms with van der Waals surface area (Å²) in [7, 11) is 0. The van der Waals surface area contributed by atoms with Crippen LogP contribution < -0.4 is 5.32 Å². The van der Waals surface area contributed by atoms with E-state index in [1.54, 1.807) is 24.5 Å². The van der Waals surface area contributed by atoms with E-state index < -0.39 is 0 Å². The molecule has 0 fully saturated rings. The van der Waals surface area contributed by atoms with Gasteiger partial charge in [0.05, 0.1) is 6.26 Å². The van der Waals surface area contributed by atoms with Crippen molar-refractivity contribution in [1.82, 2.24) is 5.32 Å². The average molecular weight is 265 g/mol. The first kappa shape index (κ1) is 15.5. The molecule has 106 valence electrons. The summed E-state index contributed by atoms with van der Waals surface area (Å²) >= 11 is 0. The van der Waals surface area contributed by atoms with Crippen LogP contribution in [0.5, 0.6) is 0 Å². The van der Waals surface area contributed by atoms with Gasteiger partial charge in [0.1, 0.15) is 11.9 Å². The Morgan fingerprint density at radius 2 is 2.26 bits per heavy atom. The van der Waals surface area contributed by atoms with Gasteiger partial charge in [0, 0.05) is 12.6 Å². The summed E-state index contributed by atoms with van der Waals surface area (Å²) in [6, 6.07) is 3.55. The van der Waals surface area contributed by atoms with E-state index in [0.717, 1.165) is 13.0 Å². The second kappa shape index (κ2) is 8.53. The van der Waals surface area contributed by atoms with Crippen molar-refractivity contribution in [1.29, 1.82) is 0 Å². The quantitative estimate of drug-likeness (QED) is 0.446. The molecule has 1 aromatic rings. The lowest BCUT2D eigenvalue weighted by molar-refractivity contribution is -0.141. The van der Waals surface area contributed by atoms with Crippen molar-refractivity contribution in [2.45, 2.75) is 33.3 Å². The minimum absolute atomic E-state index is 0.138. The minimum atomic E-state index is -0.352. The molecule has 0 aliphatic heterocycles. The predicted octanol–water partition coefficient (Wildman–Crippen LogP) is 2.86. The maximum absolute atomic E-state index is 11.5. The number of rotatable bonds is 8. The van der Waals surface area contributed by atoms with Gasteiger partial charge < -0.3 is 14.5 Å². The highest BCUT2D eigenvalue weighted by Crippen LogP contribution is 2.03. The van der Waals surface area contributed by atoms with E-state index in [4.69, 9.17) is 9.15 Å². The molecule has 0 aromatic carbocycles. The van der Waals surface area contributed by atoms with Crippen LogP contribution in [0.15, 0.2) is 28.9 Å². The molecular formula is C15H23NO3. The van der Waals surface area contributed by atoms with Gasteiger partial charge in [0.15, 0.2) is 0 Å². The largest absolute Gasteiger partial charge is 0.465 e. The van der Waals surface area contributed by atoms with Gasteiger partial charge in [-0.2, -0.15) is 0 Å². The third-order valence-electron chi connectivity index (χ3n) is 2.57. The number of carbonyl (C=O) groups excluding carboxylic acids is 1. The van der Waals surface area contributed by atoms with Gasteiger partial charge in [-0.25, -0.2) is 4.79 Å². The zero-order valence-electron chi connectivity index (χ0n) is 11.9. The summed E-state index contributed by atoms with van der Waals surface area (Å²) < 4.78 is 10.3. The monoisotopic (exact) mass is 265 g/mol. The van der Waals surface area contributed by atoms with Crippen molar-refractivity contribution in [2.24, 2.45) is 5.92 Å². The van der Waals surface area contributed by atoms with E-state index >= 15 is 0 Å². The number of furan rings is 1. The lowest BCUT2D eigenvalue weighted by atomic mass is 10.1. The Balaban J connectivity index is 2.17. The lowest BCUT2D eigenvalue weighted by Gasteiger charge is -2.13. The maximum atomic E-state index is 11.5. The summed E-state index contributed by atoms with van der Waals surface area (Å²) in [5, 5.41) is 3.27. The van der Waals surface area contributed by atoms with Crippen molar-refractivity contribution in [3.05, 3.63) is 30.2 Å². The minimum Gasteiger partial charge on any atom is -0.465 e. The first-order valence-corrected chi connectivity index (χ1v) is 6.71. The fourth-order valence-electron chi connectivity index (χ4n) is 1.51. The molecule has 4 nitrogen and oxygen atoms in total. The van der Waals surface area contributed by atoms with Crippen LogP contribution in [0, 0.1) is 5.92 Å². The van der Waals surface area contributed by atoms with Gasteiger partial charge in [0.2, 0.25) is 0 Å².